The van der Waals surface area contributed by atoms with Crippen LogP contribution in [0.3, 0.4) is 0 Å². The summed E-state index contributed by atoms with van der Waals surface area (Å²) in [6, 6.07) is 5.37. The fourth-order valence-electron chi connectivity index (χ4n) is 1.80. The second kappa shape index (κ2) is 5.85. The Hall–Kier alpha value is -1.31. The van der Waals surface area contributed by atoms with Crippen molar-refractivity contribution in [2.45, 2.75) is 46.5 Å². The van der Waals surface area contributed by atoms with E-state index >= 15 is 0 Å². The predicted molar refractivity (Wildman–Crippen MR) is 70.6 cm³/mol. The lowest BCUT2D eigenvalue weighted by atomic mass is 9.93. The van der Waals surface area contributed by atoms with E-state index in [0.29, 0.717) is 23.8 Å². The van der Waals surface area contributed by atoms with Crippen LogP contribution in [0.1, 0.15) is 62.4 Å². The molecule has 0 amide bonds. The number of benzene rings is 1. The van der Waals surface area contributed by atoms with Crippen LogP contribution in [0, 0.1) is 5.92 Å². The SMILES string of the molecule is CCC(C)c1ccc(O)c(C(=O)CC(C)C)c1. The van der Waals surface area contributed by atoms with Gasteiger partial charge in [0.1, 0.15) is 5.75 Å². The number of carbonyl (C=O) groups excluding carboxylic acids is 1. The maximum absolute atomic E-state index is 12.0. The molecule has 0 aliphatic carbocycles. The molecule has 0 spiro atoms. The summed E-state index contributed by atoms with van der Waals surface area (Å²) in [7, 11) is 0. The van der Waals surface area contributed by atoms with Crippen molar-refractivity contribution in [3.63, 3.8) is 0 Å². The molecule has 0 fully saturated rings. The average molecular weight is 234 g/mol. The van der Waals surface area contributed by atoms with Crippen molar-refractivity contribution in [3.8, 4) is 5.75 Å². The fraction of sp³-hybridized carbons (Fsp3) is 0.533. The lowest BCUT2D eigenvalue weighted by Gasteiger charge is -2.12. The summed E-state index contributed by atoms with van der Waals surface area (Å²) in [6.45, 7) is 8.26. The first-order valence-electron chi connectivity index (χ1n) is 6.31. The molecule has 0 aromatic heterocycles. The number of rotatable bonds is 5. The molecule has 0 saturated carbocycles. The number of hydrogen-bond donors (Lipinski definition) is 1. The largest absolute Gasteiger partial charge is 0.507 e. The van der Waals surface area contributed by atoms with Gasteiger partial charge >= 0.3 is 0 Å². The molecule has 2 nitrogen and oxygen atoms in total. The van der Waals surface area contributed by atoms with Gasteiger partial charge in [-0.05, 0) is 36.0 Å². The van der Waals surface area contributed by atoms with Gasteiger partial charge in [-0.1, -0.05) is 33.8 Å². The van der Waals surface area contributed by atoms with E-state index in [0.717, 1.165) is 12.0 Å². The van der Waals surface area contributed by atoms with Gasteiger partial charge in [-0.3, -0.25) is 4.79 Å². The molecule has 2 heteroatoms. The van der Waals surface area contributed by atoms with Gasteiger partial charge in [-0.15, -0.1) is 0 Å². The quantitative estimate of drug-likeness (QED) is 0.778. The average Bonchev–Trinajstić information content (AvgIpc) is 2.27. The van der Waals surface area contributed by atoms with Crippen LogP contribution in [0.2, 0.25) is 0 Å². The third kappa shape index (κ3) is 3.58. The molecule has 1 aromatic carbocycles. The van der Waals surface area contributed by atoms with Crippen LogP contribution in [-0.2, 0) is 0 Å². The second-order valence-corrected chi connectivity index (χ2v) is 5.11. The van der Waals surface area contributed by atoms with E-state index in [-0.39, 0.29) is 11.5 Å². The Bertz CT molecular complexity index is 394. The van der Waals surface area contributed by atoms with E-state index in [1.54, 1.807) is 6.07 Å². The van der Waals surface area contributed by atoms with Crippen LogP contribution in [-0.4, -0.2) is 10.9 Å². The van der Waals surface area contributed by atoms with Crippen molar-refractivity contribution in [2.75, 3.05) is 0 Å². The summed E-state index contributed by atoms with van der Waals surface area (Å²) in [4.78, 5) is 12.0. The summed E-state index contributed by atoms with van der Waals surface area (Å²) < 4.78 is 0. The molecule has 94 valence electrons. The Balaban J connectivity index is 3.02. The van der Waals surface area contributed by atoms with E-state index in [9.17, 15) is 9.90 Å². The Morgan fingerprint density at radius 1 is 1.29 bits per heavy atom. The standard InChI is InChI=1S/C15H22O2/c1-5-11(4)12-6-7-14(16)13(9-12)15(17)8-10(2)3/h6-7,9-11,16H,5,8H2,1-4H3. The summed E-state index contributed by atoms with van der Waals surface area (Å²) in [5, 5.41) is 9.75. The summed E-state index contributed by atoms with van der Waals surface area (Å²) in [6.07, 6.45) is 1.51. The van der Waals surface area contributed by atoms with Crippen molar-refractivity contribution in [2.24, 2.45) is 5.92 Å². The minimum Gasteiger partial charge on any atom is -0.507 e. The summed E-state index contributed by atoms with van der Waals surface area (Å²) in [5.74, 6) is 0.862. The second-order valence-electron chi connectivity index (χ2n) is 5.11. The van der Waals surface area contributed by atoms with Gasteiger partial charge in [0.05, 0.1) is 5.56 Å². The summed E-state index contributed by atoms with van der Waals surface area (Å²) in [5.41, 5.74) is 1.59. The molecule has 1 unspecified atom stereocenters. The topological polar surface area (TPSA) is 37.3 Å². The molecule has 1 rings (SSSR count). The number of aromatic hydroxyl groups is 1. The Labute approximate surface area is 104 Å². The van der Waals surface area contributed by atoms with Crippen molar-refractivity contribution in [3.05, 3.63) is 29.3 Å². The highest BCUT2D eigenvalue weighted by atomic mass is 16.3. The van der Waals surface area contributed by atoms with Crippen molar-refractivity contribution >= 4 is 5.78 Å². The first-order valence-corrected chi connectivity index (χ1v) is 6.31. The van der Waals surface area contributed by atoms with Gasteiger partial charge in [0.2, 0.25) is 0 Å². The zero-order chi connectivity index (χ0) is 13.0. The number of hydrogen-bond acceptors (Lipinski definition) is 2. The minimum absolute atomic E-state index is 0.0302. The maximum Gasteiger partial charge on any atom is 0.166 e. The minimum atomic E-state index is 0.0302. The van der Waals surface area contributed by atoms with Crippen LogP contribution in [0.5, 0.6) is 5.75 Å². The van der Waals surface area contributed by atoms with E-state index in [4.69, 9.17) is 0 Å². The number of phenols is 1. The molecule has 17 heavy (non-hydrogen) atoms. The van der Waals surface area contributed by atoms with Crippen LogP contribution >= 0.6 is 0 Å². The Morgan fingerprint density at radius 2 is 1.94 bits per heavy atom. The smallest absolute Gasteiger partial charge is 0.166 e. The molecular weight excluding hydrogens is 212 g/mol. The highest BCUT2D eigenvalue weighted by Gasteiger charge is 2.14. The molecule has 1 atom stereocenters. The van der Waals surface area contributed by atoms with Crippen molar-refractivity contribution in [1.29, 1.82) is 0 Å². The maximum atomic E-state index is 12.0. The third-order valence-electron chi connectivity index (χ3n) is 3.10. The molecule has 1 N–H and O–H groups in total. The molecule has 0 aliphatic rings. The first-order chi connectivity index (χ1) is 7.95. The van der Waals surface area contributed by atoms with Gasteiger partial charge in [-0.25, -0.2) is 0 Å². The van der Waals surface area contributed by atoms with Crippen LogP contribution in [0.4, 0.5) is 0 Å². The van der Waals surface area contributed by atoms with Crippen molar-refractivity contribution in [1.82, 2.24) is 0 Å². The van der Waals surface area contributed by atoms with Crippen LogP contribution in [0.15, 0.2) is 18.2 Å². The highest BCUT2D eigenvalue weighted by Crippen LogP contribution is 2.26. The highest BCUT2D eigenvalue weighted by molar-refractivity contribution is 5.98. The van der Waals surface area contributed by atoms with E-state index in [2.05, 4.69) is 13.8 Å². The zero-order valence-electron chi connectivity index (χ0n) is 11.2. The number of carbonyl (C=O) groups is 1. The normalized spacial score (nSPS) is 12.8. The van der Waals surface area contributed by atoms with E-state index in [1.165, 1.54) is 0 Å². The number of ketones is 1. The Morgan fingerprint density at radius 3 is 2.47 bits per heavy atom. The van der Waals surface area contributed by atoms with Gasteiger partial charge in [0.15, 0.2) is 5.78 Å². The molecule has 0 heterocycles. The number of phenolic OH excluding ortho intramolecular Hbond substituents is 1. The molecule has 0 bridgehead atoms. The van der Waals surface area contributed by atoms with E-state index in [1.807, 2.05) is 26.0 Å². The lowest BCUT2D eigenvalue weighted by Crippen LogP contribution is -2.05. The zero-order valence-corrected chi connectivity index (χ0v) is 11.2. The molecule has 0 aliphatic heterocycles. The van der Waals surface area contributed by atoms with Gasteiger partial charge in [0, 0.05) is 6.42 Å². The van der Waals surface area contributed by atoms with Gasteiger partial charge in [0.25, 0.3) is 0 Å². The van der Waals surface area contributed by atoms with Crippen LogP contribution in [0.25, 0.3) is 0 Å². The number of Topliss-reactive ketones (excluding diaryl/α,β-unsaturated/α-hetero) is 1. The fourth-order valence-corrected chi connectivity index (χ4v) is 1.80. The monoisotopic (exact) mass is 234 g/mol. The van der Waals surface area contributed by atoms with E-state index < -0.39 is 0 Å². The van der Waals surface area contributed by atoms with Gasteiger partial charge in [-0.2, -0.15) is 0 Å². The Kier molecular flexibility index (Phi) is 4.73. The molecule has 0 radical (unpaired) electrons. The first kappa shape index (κ1) is 13.8. The van der Waals surface area contributed by atoms with Gasteiger partial charge < -0.3 is 5.11 Å². The summed E-state index contributed by atoms with van der Waals surface area (Å²) >= 11 is 0. The molecular formula is C15H22O2. The van der Waals surface area contributed by atoms with Crippen LogP contribution < -0.4 is 0 Å². The molecule has 1 aromatic rings. The lowest BCUT2D eigenvalue weighted by molar-refractivity contribution is 0.0965. The third-order valence-corrected chi connectivity index (χ3v) is 3.10. The predicted octanol–water partition coefficient (Wildman–Crippen LogP) is 4.13. The van der Waals surface area contributed by atoms with Crippen molar-refractivity contribution < 1.29 is 9.90 Å². The molecule has 0 saturated heterocycles.